The molecule has 0 amide bonds. The normalized spacial score (nSPS) is 18.0. The lowest BCUT2D eigenvalue weighted by atomic mass is 10.0. The van der Waals surface area contributed by atoms with Crippen molar-refractivity contribution in [3.05, 3.63) is 29.6 Å². The Labute approximate surface area is 108 Å². The summed E-state index contributed by atoms with van der Waals surface area (Å²) in [6.07, 6.45) is 2.25. The molecule has 0 aromatic heterocycles. The van der Waals surface area contributed by atoms with Crippen molar-refractivity contribution in [3.63, 3.8) is 0 Å². The van der Waals surface area contributed by atoms with Crippen molar-refractivity contribution in [2.75, 3.05) is 32.1 Å². The molecule has 0 atom stereocenters. The first-order chi connectivity index (χ1) is 8.60. The number of nitrogens with zero attached hydrogens (tertiary/aromatic N) is 2. The summed E-state index contributed by atoms with van der Waals surface area (Å²) in [5.41, 5.74) is 7.38. The molecule has 0 radical (unpaired) electrons. The van der Waals surface area contributed by atoms with Crippen LogP contribution in [-0.4, -0.2) is 38.1 Å². The van der Waals surface area contributed by atoms with Crippen molar-refractivity contribution < 1.29 is 4.39 Å². The Kier molecular flexibility index (Phi) is 4.19. The lowest BCUT2D eigenvalue weighted by molar-refractivity contribution is 0.253. The van der Waals surface area contributed by atoms with E-state index in [-0.39, 0.29) is 5.82 Å². The van der Waals surface area contributed by atoms with Crippen LogP contribution in [0.2, 0.25) is 0 Å². The van der Waals surface area contributed by atoms with Crippen LogP contribution < -0.4 is 10.6 Å². The van der Waals surface area contributed by atoms with E-state index in [0.717, 1.165) is 37.2 Å². The summed E-state index contributed by atoms with van der Waals surface area (Å²) in [6.45, 7) is 2.59. The molecule has 1 aliphatic heterocycles. The van der Waals surface area contributed by atoms with Gasteiger partial charge in [-0.3, -0.25) is 0 Å². The highest BCUT2D eigenvalue weighted by Crippen LogP contribution is 2.23. The van der Waals surface area contributed by atoms with Crippen LogP contribution in [0.5, 0.6) is 0 Å². The number of nitrogens with two attached hydrogens (primary N) is 1. The Bertz CT molecular complexity index is 400. The molecule has 0 spiro atoms. The van der Waals surface area contributed by atoms with Crippen molar-refractivity contribution >= 4 is 5.69 Å². The van der Waals surface area contributed by atoms with E-state index in [0.29, 0.717) is 12.6 Å². The summed E-state index contributed by atoms with van der Waals surface area (Å²) in [7, 11) is 4.19. The molecule has 1 aromatic carbocycles. The molecule has 1 aliphatic rings. The van der Waals surface area contributed by atoms with Crippen LogP contribution in [0.4, 0.5) is 10.1 Å². The standard InChI is InChI=1S/C14H22FN3/c1-17-5-3-13(4-6-17)18(2)14-8-11(10-16)7-12(15)9-14/h7-9,13H,3-6,10,16H2,1-2H3. The summed E-state index contributed by atoms with van der Waals surface area (Å²) in [5, 5.41) is 0. The maximum absolute atomic E-state index is 13.5. The van der Waals surface area contributed by atoms with Crippen molar-refractivity contribution in [2.45, 2.75) is 25.4 Å². The molecule has 1 fully saturated rings. The van der Waals surface area contributed by atoms with Gasteiger partial charge in [0.25, 0.3) is 0 Å². The molecule has 0 aliphatic carbocycles. The topological polar surface area (TPSA) is 32.5 Å². The van der Waals surface area contributed by atoms with Gasteiger partial charge in [0.1, 0.15) is 5.82 Å². The Morgan fingerprint density at radius 2 is 2.00 bits per heavy atom. The Balaban J connectivity index is 2.12. The fraction of sp³-hybridized carbons (Fsp3) is 0.571. The first-order valence-corrected chi connectivity index (χ1v) is 6.51. The van der Waals surface area contributed by atoms with Gasteiger partial charge >= 0.3 is 0 Å². The molecule has 4 heteroatoms. The third-order valence-corrected chi connectivity index (χ3v) is 3.82. The number of likely N-dealkylation sites (tertiary alicyclic amines) is 1. The summed E-state index contributed by atoms with van der Waals surface area (Å²) in [6, 6.07) is 5.58. The minimum atomic E-state index is -0.201. The van der Waals surface area contributed by atoms with Gasteiger partial charge in [-0.15, -0.1) is 0 Å². The first kappa shape index (κ1) is 13.3. The van der Waals surface area contributed by atoms with Crippen LogP contribution >= 0.6 is 0 Å². The summed E-state index contributed by atoms with van der Waals surface area (Å²) in [4.78, 5) is 4.52. The van der Waals surface area contributed by atoms with E-state index in [1.165, 1.54) is 6.07 Å². The van der Waals surface area contributed by atoms with E-state index in [9.17, 15) is 4.39 Å². The zero-order valence-corrected chi connectivity index (χ0v) is 11.2. The number of hydrogen-bond acceptors (Lipinski definition) is 3. The van der Waals surface area contributed by atoms with Gasteiger partial charge in [0.05, 0.1) is 0 Å². The Morgan fingerprint density at radius 1 is 1.33 bits per heavy atom. The van der Waals surface area contributed by atoms with Crippen LogP contribution in [0, 0.1) is 5.82 Å². The van der Waals surface area contributed by atoms with Crippen LogP contribution in [0.1, 0.15) is 18.4 Å². The molecule has 0 unspecified atom stereocenters. The lowest BCUT2D eigenvalue weighted by Crippen LogP contribution is -2.42. The predicted molar refractivity (Wildman–Crippen MR) is 73.2 cm³/mol. The largest absolute Gasteiger partial charge is 0.371 e. The molecule has 18 heavy (non-hydrogen) atoms. The van der Waals surface area contributed by atoms with E-state index in [2.05, 4.69) is 16.8 Å². The minimum Gasteiger partial charge on any atom is -0.371 e. The van der Waals surface area contributed by atoms with Gasteiger partial charge in [-0.05, 0) is 56.7 Å². The van der Waals surface area contributed by atoms with Crippen LogP contribution in [0.3, 0.4) is 0 Å². The van der Waals surface area contributed by atoms with Crippen molar-refractivity contribution in [3.8, 4) is 0 Å². The predicted octanol–water partition coefficient (Wildman–Crippen LogP) is 1.81. The number of hydrogen-bond donors (Lipinski definition) is 1. The molecule has 0 saturated carbocycles. The van der Waals surface area contributed by atoms with Crippen molar-refractivity contribution in [1.29, 1.82) is 0 Å². The maximum atomic E-state index is 13.5. The van der Waals surface area contributed by atoms with E-state index < -0.39 is 0 Å². The molecule has 2 rings (SSSR count). The summed E-state index contributed by atoms with van der Waals surface area (Å²) >= 11 is 0. The average molecular weight is 251 g/mol. The van der Waals surface area contributed by atoms with Gasteiger partial charge < -0.3 is 15.5 Å². The van der Waals surface area contributed by atoms with Gasteiger partial charge in [-0.2, -0.15) is 0 Å². The van der Waals surface area contributed by atoms with Crippen LogP contribution in [0.15, 0.2) is 18.2 Å². The first-order valence-electron chi connectivity index (χ1n) is 6.51. The third-order valence-electron chi connectivity index (χ3n) is 3.82. The van der Waals surface area contributed by atoms with Gasteiger partial charge in [-0.1, -0.05) is 0 Å². The summed E-state index contributed by atoms with van der Waals surface area (Å²) < 4.78 is 13.5. The lowest BCUT2D eigenvalue weighted by Gasteiger charge is -2.36. The number of piperidine rings is 1. The monoisotopic (exact) mass is 251 g/mol. The zero-order valence-electron chi connectivity index (χ0n) is 11.2. The smallest absolute Gasteiger partial charge is 0.125 e. The second-order valence-corrected chi connectivity index (χ2v) is 5.17. The SMILES string of the molecule is CN1CCC(N(C)c2cc(F)cc(CN)c2)CC1. The number of benzene rings is 1. The van der Waals surface area contributed by atoms with Crippen molar-refractivity contribution in [1.82, 2.24) is 4.90 Å². The van der Waals surface area contributed by atoms with E-state index in [1.807, 2.05) is 13.1 Å². The average Bonchev–Trinajstić information content (AvgIpc) is 2.38. The molecule has 1 saturated heterocycles. The van der Waals surface area contributed by atoms with Crippen molar-refractivity contribution in [2.24, 2.45) is 5.73 Å². The van der Waals surface area contributed by atoms with E-state index in [1.54, 1.807) is 6.07 Å². The minimum absolute atomic E-state index is 0.201. The highest BCUT2D eigenvalue weighted by Gasteiger charge is 2.21. The van der Waals surface area contributed by atoms with Gasteiger partial charge in [0.15, 0.2) is 0 Å². The molecule has 0 bridgehead atoms. The fourth-order valence-corrected chi connectivity index (χ4v) is 2.55. The molecule has 1 aromatic rings. The third kappa shape index (κ3) is 3.00. The van der Waals surface area contributed by atoms with Gasteiger partial charge in [0, 0.05) is 25.3 Å². The number of anilines is 1. The molecule has 3 nitrogen and oxygen atoms in total. The van der Waals surface area contributed by atoms with Crippen LogP contribution in [0.25, 0.3) is 0 Å². The molecular formula is C14H22FN3. The van der Waals surface area contributed by atoms with E-state index in [4.69, 9.17) is 5.73 Å². The second kappa shape index (κ2) is 5.67. The van der Waals surface area contributed by atoms with Crippen LogP contribution in [-0.2, 0) is 6.54 Å². The molecule has 1 heterocycles. The highest BCUT2D eigenvalue weighted by molar-refractivity contribution is 5.49. The van der Waals surface area contributed by atoms with Gasteiger partial charge in [-0.25, -0.2) is 4.39 Å². The summed E-state index contributed by atoms with van der Waals surface area (Å²) in [5.74, 6) is -0.201. The quantitative estimate of drug-likeness (QED) is 0.889. The maximum Gasteiger partial charge on any atom is 0.125 e. The highest BCUT2D eigenvalue weighted by atomic mass is 19.1. The Morgan fingerprint density at radius 3 is 2.61 bits per heavy atom. The second-order valence-electron chi connectivity index (χ2n) is 5.17. The molecular weight excluding hydrogens is 229 g/mol. The van der Waals surface area contributed by atoms with E-state index >= 15 is 0 Å². The number of halogens is 1. The van der Waals surface area contributed by atoms with Gasteiger partial charge in [0.2, 0.25) is 0 Å². The molecule has 100 valence electrons. The zero-order chi connectivity index (χ0) is 13.1. The fourth-order valence-electron chi connectivity index (χ4n) is 2.55. The number of rotatable bonds is 3. The Hall–Kier alpha value is -1.13. The molecule has 2 N–H and O–H groups in total.